The maximum Gasteiger partial charge on any atom is 0.541 e. The molecule has 0 spiro atoms. The summed E-state index contributed by atoms with van der Waals surface area (Å²) in [5.41, 5.74) is 0. The third-order valence-electron chi connectivity index (χ3n) is 2.14. The first-order valence-electron chi connectivity index (χ1n) is 6.53. The summed E-state index contributed by atoms with van der Waals surface area (Å²) in [5.74, 6) is -2.03. The molecule has 0 aliphatic rings. The fourth-order valence-electron chi connectivity index (χ4n) is 1.28. The number of hydrogen-bond acceptors (Lipinski definition) is 7. The van der Waals surface area contributed by atoms with Crippen LogP contribution in [0.3, 0.4) is 0 Å². The lowest BCUT2D eigenvalue weighted by atomic mass is 10.2. The second-order valence-corrected chi connectivity index (χ2v) is 5.20. The first-order chi connectivity index (χ1) is 9.46. The highest BCUT2D eigenvalue weighted by atomic mass is 31.1. The molecule has 0 N–H and O–H groups in total. The van der Waals surface area contributed by atoms with Gasteiger partial charge in [-0.3, -0.25) is 4.79 Å². The maximum absolute atomic E-state index is 11.8. The molecule has 7 nitrogen and oxygen atoms in total. The van der Waals surface area contributed by atoms with E-state index in [1.165, 1.54) is 0 Å². The van der Waals surface area contributed by atoms with Gasteiger partial charge in [0.25, 0.3) is 5.85 Å². The van der Waals surface area contributed by atoms with Crippen LogP contribution in [-0.2, 0) is 32.9 Å². The van der Waals surface area contributed by atoms with Gasteiger partial charge in [0.15, 0.2) is 0 Å². The van der Waals surface area contributed by atoms with E-state index in [1.54, 1.807) is 27.7 Å². The van der Waals surface area contributed by atoms with Gasteiger partial charge in [-0.2, -0.15) is 0 Å². The van der Waals surface area contributed by atoms with Crippen LogP contribution in [0.5, 0.6) is 0 Å². The molecule has 0 aliphatic heterocycles. The van der Waals surface area contributed by atoms with Crippen molar-refractivity contribution in [2.45, 2.75) is 46.1 Å². The molecule has 0 saturated heterocycles. The number of hydrogen-bond donors (Lipinski definition) is 0. The molecule has 0 heterocycles. The Labute approximate surface area is 119 Å². The predicted octanol–water partition coefficient (Wildman–Crippen LogP) is 2.01. The molecule has 0 rings (SSSR count). The molecule has 0 aromatic carbocycles. The van der Waals surface area contributed by atoms with E-state index < -0.39 is 31.9 Å². The van der Waals surface area contributed by atoms with Gasteiger partial charge in [0.05, 0.1) is 19.6 Å². The lowest BCUT2D eigenvalue weighted by Crippen LogP contribution is -2.29. The van der Waals surface area contributed by atoms with Crippen LogP contribution in [0.25, 0.3) is 0 Å². The fourth-order valence-corrected chi connectivity index (χ4v) is 2.14. The SMILES string of the molecule is CCOC(=O)CC(O[P+](=O)C(C)OCC)C(=O)OCC. The highest BCUT2D eigenvalue weighted by molar-refractivity contribution is 7.39. The molecule has 0 amide bonds. The summed E-state index contributed by atoms with van der Waals surface area (Å²) in [6, 6.07) is 0. The number of rotatable bonds is 10. The van der Waals surface area contributed by atoms with Crippen LogP contribution in [0.4, 0.5) is 0 Å². The Hall–Kier alpha value is -1.04. The van der Waals surface area contributed by atoms with Crippen LogP contribution in [0.15, 0.2) is 0 Å². The van der Waals surface area contributed by atoms with Crippen LogP contribution in [0, 0.1) is 0 Å². The average molecular weight is 309 g/mol. The second-order valence-electron chi connectivity index (χ2n) is 3.70. The van der Waals surface area contributed by atoms with Gasteiger partial charge in [-0.25, -0.2) is 4.79 Å². The molecule has 3 atom stereocenters. The third kappa shape index (κ3) is 7.53. The van der Waals surface area contributed by atoms with Crippen molar-refractivity contribution in [3.63, 3.8) is 0 Å². The minimum absolute atomic E-state index is 0.138. The Bertz CT molecular complexity index is 332. The minimum atomic E-state index is -2.25. The molecular formula is C12H22O7P+. The number of carbonyl (C=O) groups excluding carboxylic acids is 2. The van der Waals surface area contributed by atoms with E-state index in [9.17, 15) is 14.2 Å². The molecule has 0 bridgehead atoms. The Morgan fingerprint density at radius 1 is 1.05 bits per heavy atom. The van der Waals surface area contributed by atoms with Crippen LogP contribution in [0.2, 0.25) is 0 Å². The van der Waals surface area contributed by atoms with E-state index in [-0.39, 0.29) is 19.6 Å². The van der Waals surface area contributed by atoms with Gasteiger partial charge in [-0.05, 0) is 25.3 Å². The average Bonchev–Trinajstić information content (AvgIpc) is 2.38. The molecule has 8 heteroatoms. The van der Waals surface area contributed by atoms with Gasteiger partial charge in [0.1, 0.15) is 0 Å². The Kier molecular flexibility index (Phi) is 10.2. The van der Waals surface area contributed by atoms with Crippen molar-refractivity contribution >= 4 is 20.0 Å². The Morgan fingerprint density at radius 2 is 1.65 bits per heavy atom. The van der Waals surface area contributed by atoms with E-state index in [0.717, 1.165) is 0 Å². The lowest BCUT2D eigenvalue weighted by Gasteiger charge is -2.10. The van der Waals surface area contributed by atoms with Gasteiger partial charge in [0, 0.05) is 13.5 Å². The molecule has 20 heavy (non-hydrogen) atoms. The largest absolute Gasteiger partial charge is 0.541 e. The quantitative estimate of drug-likeness (QED) is 0.450. The first kappa shape index (κ1) is 19.0. The van der Waals surface area contributed by atoms with Crippen molar-refractivity contribution in [3.05, 3.63) is 0 Å². The summed E-state index contributed by atoms with van der Waals surface area (Å²) in [5, 5.41) is 0. The summed E-state index contributed by atoms with van der Waals surface area (Å²) < 4.78 is 31.6. The molecule has 0 fully saturated rings. The third-order valence-corrected chi connectivity index (χ3v) is 3.35. The molecule has 0 aromatic heterocycles. The van der Waals surface area contributed by atoms with Crippen LogP contribution < -0.4 is 0 Å². The van der Waals surface area contributed by atoms with Crippen LogP contribution in [-0.4, -0.2) is 43.7 Å². The first-order valence-corrected chi connectivity index (χ1v) is 7.77. The zero-order valence-corrected chi connectivity index (χ0v) is 13.2. The molecule has 0 aromatic rings. The second kappa shape index (κ2) is 10.7. The van der Waals surface area contributed by atoms with Crippen molar-refractivity contribution in [1.82, 2.24) is 0 Å². The summed E-state index contributed by atoms with van der Waals surface area (Å²) in [4.78, 5) is 23.1. The lowest BCUT2D eigenvalue weighted by molar-refractivity contribution is -0.157. The minimum Gasteiger partial charge on any atom is -0.466 e. The fraction of sp³-hybridized carbons (Fsp3) is 0.833. The molecule has 0 radical (unpaired) electrons. The topological polar surface area (TPSA) is 88.1 Å². The van der Waals surface area contributed by atoms with Crippen molar-refractivity contribution in [1.29, 1.82) is 0 Å². The van der Waals surface area contributed by atoms with Crippen molar-refractivity contribution in [2.24, 2.45) is 0 Å². The van der Waals surface area contributed by atoms with E-state index >= 15 is 0 Å². The van der Waals surface area contributed by atoms with E-state index in [2.05, 4.69) is 0 Å². The normalized spacial score (nSPS) is 14.3. The number of carbonyl (C=O) groups is 2. The molecule has 116 valence electrons. The van der Waals surface area contributed by atoms with Gasteiger partial charge in [-0.15, -0.1) is 4.52 Å². The predicted molar refractivity (Wildman–Crippen MR) is 71.5 cm³/mol. The van der Waals surface area contributed by atoms with Gasteiger partial charge >= 0.3 is 20.0 Å². The summed E-state index contributed by atoms with van der Waals surface area (Å²) in [6.07, 6.45) is -1.59. The monoisotopic (exact) mass is 309 g/mol. The standard InChI is InChI=1S/C12H22O7P/c1-5-16-9(4)20(15)19-10(12(14)18-7-3)8-11(13)17-6-2/h9-10H,5-8H2,1-4H3/q+1. The van der Waals surface area contributed by atoms with Crippen molar-refractivity contribution < 1.29 is 32.9 Å². The zero-order valence-electron chi connectivity index (χ0n) is 12.3. The van der Waals surface area contributed by atoms with Crippen molar-refractivity contribution in [2.75, 3.05) is 19.8 Å². The van der Waals surface area contributed by atoms with E-state index in [1.807, 2.05) is 0 Å². The van der Waals surface area contributed by atoms with E-state index in [4.69, 9.17) is 18.7 Å². The summed E-state index contributed by atoms with van der Waals surface area (Å²) in [6.45, 7) is 7.29. The maximum atomic E-state index is 11.8. The molecule has 0 saturated carbocycles. The molecular weight excluding hydrogens is 287 g/mol. The zero-order chi connectivity index (χ0) is 15.5. The van der Waals surface area contributed by atoms with Gasteiger partial charge < -0.3 is 14.2 Å². The highest BCUT2D eigenvalue weighted by Crippen LogP contribution is 2.33. The molecule has 0 aliphatic carbocycles. The van der Waals surface area contributed by atoms with Crippen LogP contribution in [0.1, 0.15) is 34.1 Å². The summed E-state index contributed by atoms with van der Waals surface area (Å²) >= 11 is 0. The van der Waals surface area contributed by atoms with Gasteiger partial charge in [0.2, 0.25) is 6.10 Å². The van der Waals surface area contributed by atoms with Crippen molar-refractivity contribution in [3.8, 4) is 0 Å². The molecule has 3 unspecified atom stereocenters. The smallest absolute Gasteiger partial charge is 0.466 e. The highest BCUT2D eigenvalue weighted by Gasteiger charge is 2.38. The Morgan fingerprint density at radius 3 is 2.15 bits per heavy atom. The van der Waals surface area contributed by atoms with Crippen LogP contribution >= 0.6 is 8.03 Å². The Balaban J connectivity index is 4.63. The number of esters is 2. The van der Waals surface area contributed by atoms with Gasteiger partial charge in [-0.1, -0.05) is 0 Å². The summed E-state index contributed by atoms with van der Waals surface area (Å²) in [7, 11) is -2.25. The van der Waals surface area contributed by atoms with E-state index in [0.29, 0.717) is 6.61 Å². The number of ether oxygens (including phenoxy) is 3.